The van der Waals surface area contributed by atoms with Crippen LogP contribution >= 0.6 is 23.2 Å². The minimum Gasteiger partial charge on any atom is -0.379 e. The number of carbonyl (C=O) groups is 4. The van der Waals surface area contributed by atoms with Crippen molar-refractivity contribution in [3.05, 3.63) is 95.0 Å². The smallest absolute Gasteiger partial charge is 0.314 e. The number of urea groups is 2. The number of nitrogens with zero attached hydrogens (tertiary/aromatic N) is 11. The van der Waals surface area contributed by atoms with Gasteiger partial charge in [-0.25, -0.2) is 29.5 Å². The molecular formula is C75H109Cl2N19O14. The van der Waals surface area contributed by atoms with Gasteiger partial charge in [0, 0.05) is 161 Å². The molecule has 0 spiro atoms. The van der Waals surface area contributed by atoms with Gasteiger partial charge in [-0.15, -0.1) is 0 Å². The van der Waals surface area contributed by atoms with Gasteiger partial charge in [-0.3, -0.25) is 24.3 Å². The average Bonchev–Trinajstić information content (AvgIpc) is 0.787. The zero-order chi connectivity index (χ0) is 77.8. The van der Waals surface area contributed by atoms with Crippen LogP contribution in [-0.4, -0.2) is 314 Å². The number of fused-ring (bicyclic) bond motifs is 2. The third kappa shape index (κ3) is 33.7. The van der Waals surface area contributed by atoms with E-state index >= 15 is 0 Å². The summed E-state index contributed by atoms with van der Waals surface area (Å²) in [4.78, 5) is 87.0. The topological polar surface area (TPSA) is 405 Å². The second-order valence-corrected chi connectivity index (χ2v) is 26.7. The van der Waals surface area contributed by atoms with Crippen LogP contribution in [0, 0.1) is 0 Å². The molecule has 2 aromatic heterocycles. The minimum atomic E-state index is -0.316. The Bertz CT molecular complexity index is 3570. The van der Waals surface area contributed by atoms with Gasteiger partial charge in [0.25, 0.3) is 11.9 Å². The van der Waals surface area contributed by atoms with Crippen LogP contribution < -0.4 is 54.0 Å². The number of anilines is 2. The molecule has 0 bridgehead atoms. The number of aliphatic imine (C=N–C) groups is 2. The number of hydrogen-bond donors (Lipinski definition) is 8. The molecule has 2 aliphatic heterocycles. The SMILES string of the molecule is CN(CC(=O)CCCOCCOCCNC(=O)NCCOCCOCCOCCN1CCN(c2cccc(-c3nc(N=C(N)N)nc4ccc(Cl)cc34)c2)CC1)CC(=O)CCCOCCOCCNC(=O)NCCOCCOCCOCCN1CCN(c2cccc(-c3nc(N=C(N)N)nc4ccc(Cl)cc34)c2)CC1. The number of amides is 4. The van der Waals surface area contributed by atoms with E-state index < -0.39 is 0 Å². The van der Waals surface area contributed by atoms with Crippen molar-refractivity contribution in [2.75, 3.05) is 254 Å². The molecular weight excluding hydrogens is 1460 g/mol. The second kappa shape index (κ2) is 50.5. The highest BCUT2D eigenvalue weighted by Gasteiger charge is 2.22. The molecule has 2 fully saturated rings. The van der Waals surface area contributed by atoms with Gasteiger partial charge in [0.05, 0.1) is 154 Å². The van der Waals surface area contributed by atoms with Crippen molar-refractivity contribution in [3.8, 4) is 22.5 Å². The van der Waals surface area contributed by atoms with Crippen LogP contribution in [0.2, 0.25) is 10.0 Å². The van der Waals surface area contributed by atoms with Crippen LogP contribution in [0.25, 0.3) is 44.3 Å². The van der Waals surface area contributed by atoms with Gasteiger partial charge in [-0.05, 0) is 80.6 Å². The molecule has 2 saturated heterocycles. The Kier molecular flexibility index (Phi) is 40.1. The van der Waals surface area contributed by atoms with Gasteiger partial charge >= 0.3 is 12.1 Å². The predicted octanol–water partition coefficient (Wildman–Crippen LogP) is 4.36. The lowest BCUT2D eigenvalue weighted by Gasteiger charge is -2.36. The van der Waals surface area contributed by atoms with Crippen LogP contribution in [0.1, 0.15) is 25.7 Å². The summed E-state index contributed by atoms with van der Waals surface area (Å²) in [5, 5.41) is 13.8. The van der Waals surface area contributed by atoms with E-state index in [1.165, 1.54) is 0 Å². The molecule has 35 heteroatoms. The first-order valence-corrected chi connectivity index (χ1v) is 38.2. The van der Waals surface area contributed by atoms with Gasteiger partial charge in [-0.2, -0.15) is 9.98 Å². The number of carbonyl (C=O) groups excluding carboxylic acids is 4. The quantitative estimate of drug-likeness (QED) is 0.0149. The van der Waals surface area contributed by atoms with Crippen molar-refractivity contribution < 1.29 is 66.5 Å². The summed E-state index contributed by atoms with van der Waals surface area (Å²) < 4.78 is 56.4. The van der Waals surface area contributed by atoms with Crippen molar-refractivity contribution in [1.82, 2.24) is 55.9 Å². The van der Waals surface area contributed by atoms with Crippen LogP contribution in [0.5, 0.6) is 0 Å². The van der Waals surface area contributed by atoms with E-state index in [0.717, 1.165) is 98.7 Å². The van der Waals surface area contributed by atoms with E-state index in [0.29, 0.717) is 216 Å². The summed E-state index contributed by atoms with van der Waals surface area (Å²) >= 11 is 12.7. The van der Waals surface area contributed by atoms with Gasteiger partial charge in [0.15, 0.2) is 11.9 Å². The number of benzene rings is 4. The summed E-state index contributed by atoms with van der Waals surface area (Å²) in [6.07, 6.45) is 1.80. The highest BCUT2D eigenvalue weighted by atomic mass is 35.5. The third-order valence-electron chi connectivity index (χ3n) is 17.3. The number of nitrogens with one attached hydrogen (secondary N) is 4. The van der Waals surface area contributed by atoms with E-state index in [9.17, 15) is 19.2 Å². The molecule has 0 atom stereocenters. The normalized spacial score (nSPS) is 13.5. The van der Waals surface area contributed by atoms with E-state index in [1.807, 2.05) is 48.5 Å². The van der Waals surface area contributed by atoms with E-state index in [2.05, 4.69) is 95.1 Å². The van der Waals surface area contributed by atoms with Crippen molar-refractivity contribution in [3.63, 3.8) is 0 Å². The summed E-state index contributed by atoms with van der Waals surface area (Å²) in [5.74, 6) is 0.199. The number of guanidine groups is 2. The number of aromatic nitrogens is 4. The number of hydrogen-bond acceptors (Lipinski definition) is 25. The Morgan fingerprint density at radius 3 is 1.09 bits per heavy atom. The fraction of sp³-hybridized carbons (Fsp3) is 0.547. The maximum absolute atomic E-state index is 12.5. The van der Waals surface area contributed by atoms with Gasteiger partial charge in [-0.1, -0.05) is 47.5 Å². The van der Waals surface area contributed by atoms with Crippen molar-refractivity contribution >= 4 is 104 Å². The molecule has 8 rings (SSSR count). The third-order valence-corrected chi connectivity index (χ3v) is 17.8. The highest BCUT2D eigenvalue weighted by molar-refractivity contribution is 6.32. The Balaban J connectivity index is 0.496. The lowest BCUT2D eigenvalue weighted by molar-refractivity contribution is -0.122. The van der Waals surface area contributed by atoms with Crippen molar-refractivity contribution in [2.24, 2.45) is 32.9 Å². The zero-order valence-corrected chi connectivity index (χ0v) is 64.6. The molecule has 33 nitrogen and oxygen atoms in total. The Labute approximate surface area is 653 Å². The molecule has 0 radical (unpaired) electrons. The minimum absolute atomic E-state index is 0.0318. The number of ether oxygens (including phenoxy) is 10. The number of halogens is 2. The Morgan fingerprint density at radius 2 is 0.745 bits per heavy atom. The monoisotopic (exact) mass is 1570 g/mol. The maximum atomic E-state index is 12.5. The molecule has 0 aliphatic carbocycles. The summed E-state index contributed by atoms with van der Waals surface area (Å²) in [5.41, 5.74) is 29.3. The molecule has 0 saturated carbocycles. The van der Waals surface area contributed by atoms with Crippen molar-refractivity contribution in [1.29, 1.82) is 0 Å². The van der Waals surface area contributed by atoms with E-state index in [1.54, 1.807) is 24.1 Å². The predicted molar refractivity (Wildman–Crippen MR) is 425 cm³/mol. The maximum Gasteiger partial charge on any atom is 0.314 e. The Hall–Kier alpha value is -8.36. The largest absolute Gasteiger partial charge is 0.379 e. The standard InChI is InChI=1S/C75H109Cl2N19O14/c1-92(54-62(97)10-4-30-101-38-40-103-32-16-82-74(99)84-18-34-105-42-46-109-48-44-107-36-28-93-20-24-95(25-21-93)60-8-2-6-56(50-60)68-64-52-58(76)12-14-66(64)86-72(88-68)90-70(78)79)55-63(98)11-5-31-102-39-41-104-33-17-83-75(100)85-19-35-106-43-47-110-49-45-108-37-29-94-22-26-96(27-23-94)61-9-3-7-57(51-61)69-65-53-59(77)13-15-67(65)87-73(89-69)91-71(80)81/h2-3,6-9,12-15,50-53H,4-5,10-11,16-49,54-55H2,1H3,(H2,82,84,99)(H2,83,85,100)(H4,78,79,86,88,90)(H4,80,81,87,89,91). The lowest BCUT2D eigenvalue weighted by Crippen LogP contribution is -2.47. The van der Waals surface area contributed by atoms with Gasteiger partial charge < -0.3 is 101 Å². The highest BCUT2D eigenvalue weighted by Crippen LogP contribution is 2.34. The molecule has 0 unspecified atom stereocenters. The number of nitrogens with two attached hydrogens (primary N) is 4. The zero-order valence-electron chi connectivity index (χ0n) is 63.1. The molecule has 110 heavy (non-hydrogen) atoms. The molecule has 6 aromatic rings. The molecule has 602 valence electrons. The molecule has 4 aromatic carbocycles. The van der Waals surface area contributed by atoms with Crippen LogP contribution in [0.3, 0.4) is 0 Å². The van der Waals surface area contributed by atoms with Crippen LogP contribution in [0.4, 0.5) is 32.9 Å². The first kappa shape index (κ1) is 87.2. The fourth-order valence-electron chi connectivity index (χ4n) is 11.9. The fourth-order valence-corrected chi connectivity index (χ4v) is 12.2. The number of likely N-dealkylation sites (N-methyl/N-ethyl adjacent to an activating group) is 1. The number of rotatable bonds is 54. The Morgan fingerprint density at radius 1 is 0.418 bits per heavy atom. The first-order valence-electron chi connectivity index (χ1n) is 37.4. The van der Waals surface area contributed by atoms with Gasteiger partial charge in [0.2, 0.25) is 0 Å². The summed E-state index contributed by atoms with van der Waals surface area (Å²) in [7, 11) is 1.75. The first-order chi connectivity index (χ1) is 53.6. The van der Waals surface area contributed by atoms with Crippen LogP contribution in [0.15, 0.2) is 94.9 Å². The van der Waals surface area contributed by atoms with Gasteiger partial charge in [0.1, 0.15) is 11.6 Å². The molecule has 12 N–H and O–H groups in total. The van der Waals surface area contributed by atoms with E-state index in [-0.39, 0.29) is 60.5 Å². The van der Waals surface area contributed by atoms with Crippen molar-refractivity contribution in [2.45, 2.75) is 25.7 Å². The summed E-state index contributed by atoms with van der Waals surface area (Å²) in [6.45, 7) is 18.8. The average molecular weight is 1570 g/mol. The molecule has 2 aliphatic rings. The molecule has 4 heterocycles. The van der Waals surface area contributed by atoms with Crippen LogP contribution in [-0.2, 0) is 57.0 Å². The summed E-state index contributed by atoms with van der Waals surface area (Å²) in [6, 6.07) is 26.8. The second-order valence-electron chi connectivity index (χ2n) is 25.8. The van der Waals surface area contributed by atoms with E-state index in [4.69, 9.17) is 93.5 Å². The molecule has 4 amide bonds. The number of Topliss-reactive ketones (excluding diaryl/α,β-unsaturated/α-hetero) is 2. The number of ketones is 2. The number of piperazine rings is 2. The lowest BCUT2D eigenvalue weighted by atomic mass is 10.1.